The molecule has 0 atom stereocenters. The Kier molecular flexibility index (Phi) is 7.13. The molecule has 0 aliphatic rings. The van der Waals surface area contributed by atoms with E-state index in [4.69, 9.17) is 5.73 Å². The van der Waals surface area contributed by atoms with E-state index in [2.05, 4.69) is 16.0 Å². The lowest BCUT2D eigenvalue weighted by Gasteiger charge is -2.12. The van der Waals surface area contributed by atoms with Crippen LogP contribution in [-0.4, -0.2) is 30.2 Å². The second kappa shape index (κ2) is 10.2. The maximum absolute atomic E-state index is 12.7. The molecule has 0 aliphatic heterocycles. The zero-order chi connectivity index (χ0) is 22.2. The van der Waals surface area contributed by atoms with E-state index >= 15 is 0 Å². The molecule has 158 valence electrons. The van der Waals surface area contributed by atoms with Crippen molar-refractivity contribution >= 4 is 46.3 Å². The standard InChI is InChI=1S/C22H20N4O4S/c23-19(27)10-11-24-21(29)16-7-1-2-8-17(16)26-20(28)14-5-3-6-15(13-14)25-22(30)18-9-4-12-31-18/h1-9,12-13H,10-11H2,(H2,23,27)(H,24,29)(H,25,30)(H,26,28). The van der Waals surface area contributed by atoms with E-state index in [0.717, 1.165) is 0 Å². The summed E-state index contributed by atoms with van der Waals surface area (Å²) in [6, 6.07) is 16.5. The molecule has 1 heterocycles. The number of anilines is 2. The fourth-order valence-electron chi connectivity index (χ4n) is 2.72. The minimum atomic E-state index is -0.520. The first-order valence-corrected chi connectivity index (χ1v) is 10.2. The summed E-state index contributed by atoms with van der Waals surface area (Å²) in [6.07, 6.45) is 0.0181. The summed E-state index contributed by atoms with van der Waals surface area (Å²) in [7, 11) is 0. The van der Waals surface area contributed by atoms with Gasteiger partial charge in [0.15, 0.2) is 0 Å². The van der Waals surface area contributed by atoms with Gasteiger partial charge in [-0.2, -0.15) is 0 Å². The molecule has 9 heteroatoms. The van der Waals surface area contributed by atoms with Crippen LogP contribution in [0.15, 0.2) is 66.0 Å². The second-order valence-electron chi connectivity index (χ2n) is 6.48. The van der Waals surface area contributed by atoms with Crippen molar-refractivity contribution in [2.24, 2.45) is 5.73 Å². The molecule has 1 aromatic heterocycles. The summed E-state index contributed by atoms with van der Waals surface area (Å²) in [4.78, 5) is 48.8. The number of carbonyl (C=O) groups excluding carboxylic acids is 4. The molecule has 31 heavy (non-hydrogen) atoms. The van der Waals surface area contributed by atoms with Crippen molar-refractivity contribution < 1.29 is 19.2 Å². The van der Waals surface area contributed by atoms with E-state index in [0.29, 0.717) is 21.8 Å². The first-order valence-electron chi connectivity index (χ1n) is 9.36. The van der Waals surface area contributed by atoms with Gasteiger partial charge in [-0.15, -0.1) is 11.3 Å². The van der Waals surface area contributed by atoms with Crippen LogP contribution < -0.4 is 21.7 Å². The van der Waals surface area contributed by atoms with Gasteiger partial charge in [-0.25, -0.2) is 0 Å². The Morgan fingerprint density at radius 1 is 0.839 bits per heavy atom. The Morgan fingerprint density at radius 2 is 1.65 bits per heavy atom. The molecular weight excluding hydrogens is 416 g/mol. The smallest absolute Gasteiger partial charge is 0.265 e. The summed E-state index contributed by atoms with van der Waals surface area (Å²) in [6.45, 7) is 0.0996. The molecule has 2 aromatic carbocycles. The first-order chi connectivity index (χ1) is 14.9. The number of hydrogen-bond donors (Lipinski definition) is 4. The van der Waals surface area contributed by atoms with Gasteiger partial charge in [0.25, 0.3) is 17.7 Å². The Hall–Kier alpha value is -3.98. The molecule has 0 radical (unpaired) electrons. The van der Waals surface area contributed by atoms with Gasteiger partial charge in [0.05, 0.1) is 16.1 Å². The third-order valence-electron chi connectivity index (χ3n) is 4.20. The number of rotatable bonds is 8. The number of nitrogens with one attached hydrogen (secondary N) is 3. The molecule has 0 saturated carbocycles. The first kappa shape index (κ1) is 21.7. The van der Waals surface area contributed by atoms with Crippen LogP contribution in [-0.2, 0) is 4.79 Å². The van der Waals surface area contributed by atoms with E-state index in [1.54, 1.807) is 66.0 Å². The Morgan fingerprint density at radius 3 is 2.39 bits per heavy atom. The summed E-state index contributed by atoms with van der Waals surface area (Å²) in [5.74, 6) is -1.66. The van der Waals surface area contributed by atoms with Gasteiger partial charge >= 0.3 is 0 Å². The van der Waals surface area contributed by atoms with E-state index in [9.17, 15) is 19.2 Å². The molecule has 5 N–H and O–H groups in total. The molecule has 0 fully saturated rings. The average Bonchev–Trinajstić information content (AvgIpc) is 3.29. The van der Waals surface area contributed by atoms with Crippen molar-refractivity contribution in [3.8, 4) is 0 Å². The van der Waals surface area contributed by atoms with E-state index in [1.807, 2.05) is 0 Å². The number of para-hydroxylation sites is 1. The molecule has 0 spiro atoms. The normalized spacial score (nSPS) is 10.2. The fraction of sp³-hybridized carbons (Fsp3) is 0.0909. The molecule has 4 amide bonds. The highest BCUT2D eigenvalue weighted by molar-refractivity contribution is 7.12. The lowest BCUT2D eigenvalue weighted by Crippen LogP contribution is -2.28. The molecule has 0 bridgehead atoms. The number of nitrogens with two attached hydrogens (primary N) is 1. The second-order valence-corrected chi connectivity index (χ2v) is 7.43. The van der Waals surface area contributed by atoms with Crippen molar-refractivity contribution in [3.05, 3.63) is 82.0 Å². The number of thiophene rings is 1. The maximum Gasteiger partial charge on any atom is 0.265 e. The fourth-order valence-corrected chi connectivity index (χ4v) is 3.34. The van der Waals surface area contributed by atoms with Gasteiger partial charge in [-0.05, 0) is 41.8 Å². The summed E-state index contributed by atoms with van der Waals surface area (Å²) in [5.41, 5.74) is 6.43. The number of benzene rings is 2. The minimum absolute atomic E-state index is 0.0181. The number of amides is 4. The van der Waals surface area contributed by atoms with Crippen LogP contribution in [0.5, 0.6) is 0 Å². The summed E-state index contributed by atoms with van der Waals surface area (Å²) in [5, 5.41) is 9.86. The predicted octanol–water partition coefficient (Wildman–Crippen LogP) is 2.86. The van der Waals surface area contributed by atoms with E-state index in [-0.39, 0.29) is 24.4 Å². The van der Waals surface area contributed by atoms with Crippen LogP contribution in [0.4, 0.5) is 11.4 Å². The highest BCUT2D eigenvalue weighted by Gasteiger charge is 2.15. The van der Waals surface area contributed by atoms with Crippen LogP contribution in [0, 0.1) is 0 Å². The van der Waals surface area contributed by atoms with Crippen LogP contribution >= 0.6 is 11.3 Å². The largest absolute Gasteiger partial charge is 0.370 e. The van der Waals surface area contributed by atoms with Crippen LogP contribution in [0.3, 0.4) is 0 Å². The van der Waals surface area contributed by atoms with Gasteiger partial charge in [0.1, 0.15) is 0 Å². The molecule has 0 unspecified atom stereocenters. The monoisotopic (exact) mass is 436 g/mol. The van der Waals surface area contributed by atoms with Gasteiger partial charge in [0, 0.05) is 24.2 Å². The third-order valence-corrected chi connectivity index (χ3v) is 5.07. The molecule has 3 aromatic rings. The minimum Gasteiger partial charge on any atom is -0.370 e. The highest BCUT2D eigenvalue weighted by atomic mass is 32.1. The molecular formula is C22H20N4O4S. The van der Waals surface area contributed by atoms with Gasteiger partial charge in [0.2, 0.25) is 5.91 Å². The van der Waals surface area contributed by atoms with Crippen molar-refractivity contribution in [3.63, 3.8) is 0 Å². The van der Waals surface area contributed by atoms with Crippen LogP contribution in [0.2, 0.25) is 0 Å². The predicted molar refractivity (Wildman–Crippen MR) is 119 cm³/mol. The molecule has 3 rings (SSSR count). The number of carbonyl (C=O) groups is 4. The molecule has 0 aliphatic carbocycles. The van der Waals surface area contributed by atoms with Crippen molar-refractivity contribution in [1.29, 1.82) is 0 Å². The Balaban J connectivity index is 1.70. The lowest BCUT2D eigenvalue weighted by atomic mass is 10.1. The van der Waals surface area contributed by atoms with Crippen LogP contribution in [0.1, 0.15) is 36.8 Å². The average molecular weight is 436 g/mol. The summed E-state index contributed by atoms with van der Waals surface area (Å²) < 4.78 is 0. The maximum atomic E-state index is 12.7. The van der Waals surface area contributed by atoms with Gasteiger partial charge in [-0.1, -0.05) is 24.3 Å². The molecule has 0 saturated heterocycles. The lowest BCUT2D eigenvalue weighted by molar-refractivity contribution is -0.117. The van der Waals surface area contributed by atoms with E-state index in [1.165, 1.54) is 11.3 Å². The Labute approximate surface area is 182 Å². The molecule has 8 nitrogen and oxygen atoms in total. The van der Waals surface area contributed by atoms with E-state index < -0.39 is 17.7 Å². The van der Waals surface area contributed by atoms with Crippen molar-refractivity contribution in [1.82, 2.24) is 5.32 Å². The van der Waals surface area contributed by atoms with Crippen molar-refractivity contribution in [2.45, 2.75) is 6.42 Å². The SMILES string of the molecule is NC(=O)CCNC(=O)c1ccccc1NC(=O)c1cccc(NC(=O)c2cccs2)c1. The summed E-state index contributed by atoms with van der Waals surface area (Å²) >= 11 is 1.32. The van der Waals surface area contributed by atoms with Gasteiger partial charge in [-0.3, -0.25) is 19.2 Å². The quantitative estimate of drug-likeness (QED) is 0.432. The Bertz CT molecular complexity index is 1110. The van der Waals surface area contributed by atoms with Crippen LogP contribution in [0.25, 0.3) is 0 Å². The highest BCUT2D eigenvalue weighted by Crippen LogP contribution is 2.19. The third kappa shape index (κ3) is 6.00. The zero-order valence-corrected chi connectivity index (χ0v) is 17.2. The number of primary amides is 1. The number of hydrogen-bond acceptors (Lipinski definition) is 5. The topological polar surface area (TPSA) is 130 Å². The zero-order valence-electron chi connectivity index (χ0n) is 16.4. The van der Waals surface area contributed by atoms with Gasteiger partial charge < -0.3 is 21.7 Å². The van der Waals surface area contributed by atoms with Crippen molar-refractivity contribution in [2.75, 3.05) is 17.2 Å².